The molecule has 0 aliphatic heterocycles. The zero-order valence-corrected chi connectivity index (χ0v) is 21.0. The number of rotatable bonds is 7. The Morgan fingerprint density at radius 3 is 2.76 bits per heavy atom. The first-order chi connectivity index (χ1) is 18.4. The van der Waals surface area contributed by atoms with Crippen LogP contribution in [0.2, 0.25) is 0 Å². The molecule has 3 N–H and O–H groups in total. The molecular formula is C29H26FN7O. The predicted octanol–water partition coefficient (Wildman–Crippen LogP) is 6.36. The van der Waals surface area contributed by atoms with Gasteiger partial charge < -0.3 is 15.2 Å². The number of hydrogen-bond donors (Lipinski definition) is 3. The summed E-state index contributed by atoms with van der Waals surface area (Å²) < 4.78 is 12.3. The van der Waals surface area contributed by atoms with Gasteiger partial charge in [0.25, 0.3) is 0 Å². The van der Waals surface area contributed by atoms with Gasteiger partial charge in [0.1, 0.15) is 12.4 Å². The number of pyridine rings is 2. The van der Waals surface area contributed by atoms with Crippen LogP contribution in [0.3, 0.4) is 0 Å². The zero-order chi connectivity index (χ0) is 26.6. The fourth-order valence-electron chi connectivity index (χ4n) is 4.12. The average Bonchev–Trinajstić information content (AvgIpc) is 3.54. The van der Waals surface area contributed by atoms with E-state index in [9.17, 15) is 9.18 Å². The maximum atomic E-state index is 12.3. The van der Waals surface area contributed by atoms with Crippen molar-refractivity contribution in [1.82, 2.24) is 30.0 Å². The first-order valence-electron chi connectivity index (χ1n) is 11.9. The van der Waals surface area contributed by atoms with Gasteiger partial charge in [-0.3, -0.25) is 10.1 Å². The Bertz CT molecular complexity index is 1710. The SMILES string of the molecule is C=C(/C=C\C=C/CF)c1cccc2[nH]c(-c3n[nH]c4ncc(-c5cncc(NC(=O)N(C)C)c5)cc34)cc12. The Hall–Kier alpha value is -5.05. The van der Waals surface area contributed by atoms with E-state index in [1.54, 1.807) is 44.8 Å². The van der Waals surface area contributed by atoms with Crippen molar-refractivity contribution in [2.75, 3.05) is 26.1 Å². The first-order valence-corrected chi connectivity index (χ1v) is 11.9. The fourth-order valence-corrected chi connectivity index (χ4v) is 4.12. The number of nitrogens with one attached hydrogen (secondary N) is 3. The highest BCUT2D eigenvalue weighted by Crippen LogP contribution is 2.33. The lowest BCUT2D eigenvalue weighted by Gasteiger charge is -2.12. The Kier molecular flexibility index (Phi) is 6.82. The van der Waals surface area contributed by atoms with Gasteiger partial charge in [-0.05, 0) is 35.4 Å². The van der Waals surface area contributed by atoms with Crippen molar-refractivity contribution >= 4 is 39.2 Å². The number of fused-ring (bicyclic) bond motifs is 2. The molecule has 0 bridgehead atoms. The molecule has 4 heterocycles. The Balaban J connectivity index is 1.51. The van der Waals surface area contributed by atoms with Crippen molar-refractivity contribution in [3.05, 3.63) is 91.4 Å². The Labute approximate surface area is 218 Å². The number of allylic oxidation sites excluding steroid dienone is 5. The number of urea groups is 1. The van der Waals surface area contributed by atoms with Crippen molar-refractivity contribution in [3.8, 4) is 22.5 Å². The number of amides is 2. The molecule has 5 aromatic rings. The summed E-state index contributed by atoms with van der Waals surface area (Å²) in [6, 6.07) is 11.6. The normalized spacial score (nSPS) is 11.7. The molecular weight excluding hydrogens is 481 g/mol. The van der Waals surface area contributed by atoms with Crippen LogP contribution in [0.1, 0.15) is 5.56 Å². The topological polar surface area (TPSA) is 103 Å². The van der Waals surface area contributed by atoms with Gasteiger partial charge >= 0.3 is 6.03 Å². The molecule has 1 aromatic carbocycles. The van der Waals surface area contributed by atoms with Gasteiger partial charge in [-0.1, -0.05) is 43.0 Å². The molecule has 0 unspecified atom stereocenters. The summed E-state index contributed by atoms with van der Waals surface area (Å²) >= 11 is 0. The van der Waals surface area contributed by atoms with Crippen molar-refractivity contribution in [3.63, 3.8) is 0 Å². The summed E-state index contributed by atoms with van der Waals surface area (Å²) in [6.07, 6.45) is 11.8. The summed E-state index contributed by atoms with van der Waals surface area (Å²) in [5.41, 5.74) is 7.18. The molecule has 0 atom stereocenters. The minimum absolute atomic E-state index is 0.234. The van der Waals surface area contributed by atoms with E-state index >= 15 is 0 Å². The Morgan fingerprint density at radius 1 is 1.11 bits per heavy atom. The van der Waals surface area contributed by atoms with Gasteiger partial charge in [0.2, 0.25) is 0 Å². The van der Waals surface area contributed by atoms with Crippen molar-refractivity contribution in [2.24, 2.45) is 0 Å². The molecule has 190 valence electrons. The molecule has 0 aliphatic rings. The van der Waals surface area contributed by atoms with Crippen molar-refractivity contribution in [2.45, 2.75) is 0 Å². The minimum atomic E-state index is -0.503. The summed E-state index contributed by atoms with van der Waals surface area (Å²) in [5.74, 6) is 0. The molecule has 38 heavy (non-hydrogen) atoms. The lowest BCUT2D eigenvalue weighted by Crippen LogP contribution is -2.27. The van der Waals surface area contributed by atoms with Gasteiger partial charge in [-0.25, -0.2) is 14.2 Å². The number of aromatic amines is 2. The molecule has 9 heteroatoms. The smallest absolute Gasteiger partial charge is 0.321 e. The van der Waals surface area contributed by atoms with Crippen LogP contribution in [0.25, 0.3) is 50.0 Å². The highest BCUT2D eigenvalue weighted by atomic mass is 19.1. The largest absolute Gasteiger partial charge is 0.353 e. The van der Waals surface area contributed by atoms with Gasteiger partial charge in [-0.2, -0.15) is 5.10 Å². The van der Waals surface area contributed by atoms with Crippen LogP contribution < -0.4 is 5.32 Å². The van der Waals surface area contributed by atoms with E-state index in [2.05, 4.69) is 37.0 Å². The van der Waals surface area contributed by atoms with Crippen LogP contribution in [-0.2, 0) is 0 Å². The second-order valence-electron chi connectivity index (χ2n) is 8.90. The Morgan fingerprint density at radius 2 is 1.95 bits per heavy atom. The minimum Gasteiger partial charge on any atom is -0.353 e. The van der Waals surface area contributed by atoms with E-state index in [0.717, 1.165) is 49.9 Å². The molecule has 4 aromatic heterocycles. The molecule has 5 rings (SSSR count). The molecule has 2 amide bonds. The first kappa shape index (κ1) is 24.6. The van der Waals surface area contributed by atoms with Crippen LogP contribution in [0.4, 0.5) is 14.9 Å². The number of anilines is 1. The van der Waals surface area contributed by atoms with E-state index in [4.69, 9.17) is 0 Å². The number of carbonyl (C=O) groups is 1. The van der Waals surface area contributed by atoms with E-state index in [1.165, 1.54) is 11.0 Å². The van der Waals surface area contributed by atoms with E-state index in [0.29, 0.717) is 11.3 Å². The quantitative estimate of drug-likeness (QED) is 0.223. The molecule has 0 aliphatic carbocycles. The summed E-state index contributed by atoms with van der Waals surface area (Å²) in [4.78, 5) is 25.8. The molecule has 0 spiro atoms. The standard InChI is InChI=1S/C29H26FN7O/c1-18(8-5-4-6-11-30)22-9-7-10-25-23(22)14-26(34-25)27-24-13-20(16-32-28(24)36-35-27)19-12-21(17-31-15-19)33-29(38)37(2)3/h4-10,12-17,34H,1,11H2,2-3H3,(H,33,38)(H,32,35,36)/b6-4-,8-5-. The molecule has 0 fully saturated rings. The number of hydrogen-bond acceptors (Lipinski definition) is 4. The number of H-pyrrole nitrogens is 2. The van der Waals surface area contributed by atoms with Gasteiger partial charge in [-0.15, -0.1) is 0 Å². The second kappa shape index (κ2) is 10.5. The van der Waals surface area contributed by atoms with Crippen LogP contribution >= 0.6 is 0 Å². The zero-order valence-electron chi connectivity index (χ0n) is 21.0. The fraction of sp³-hybridized carbons (Fsp3) is 0.103. The number of aromatic nitrogens is 5. The molecule has 0 saturated heterocycles. The number of halogens is 1. The third-order valence-corrected chi connectivity index (χ3v) is 6.04. The van der Waals surface area contributed by atoms with E-state index < -0.39 is 6.67 Å². The lowest BCUT2D eigenvalue weighted by molar-refractivity contribution is 0.230. The monoisotopic (exact) mass is 507 g/mol. The molecule has 8 nitrogen and oxygen atoms in total. The molecule has 0 saturated carbocycles. The number of alkyl halides is 1. The summed E-state index contributed by atoms with van der Waals surface area (Å²) in [7, 11) is 3.35. The third-order valence-electron chi connectivity index (χ3n) is 6.04. The lowest BCUT2D eigenvalue weighted by atomic mass is 10.0. The van der Waals surface area contributed by atoms with Gasteiger partial charge in [0.05, 0.1) is 17.6 Å². The number of carbonyl (C=O) groups excluding carboxylic acids is 1. The van der Waals surface area contributed by atoms with Crippen LogP contribution in [0, 0.1) is 0 Å². The predicted molar refractivity (Wildman–Crippen MR) is 150 cm³/mol. The highest BCUT2D eigenvalue weighted by Gasteiger charge is 2.15. The van der Waals surface area contributed by atoms with Crippen LogP contribution in [0.15, 0.2) is 85.9 Å². The maximum Gasteiger partial charge on any atom is 0.321 e. The summed E-state index contributed by atoms with van der Waals surface area (Å²) in [5, 5.41) is 12.2. The number of nitrogens with zero attached hydrogens (tertiary/aromatic N) is 4. The van der Waals surface area contributed by atoms with Gasteiger partial charge in [0.15, 0.2) is 5.65 Å². The summed E-state index contributed by atoms with van der Waals surface area (Å²) in [6.45, 7) is 3.68. The van der Waals surface area contributed by atoms with E-state index in [1.807, 2.05) is 42.5 Å². The average molecular weight is 508 g/mol. The van der Waals surface area contributed by atoms with Crippen LogP contribution in [0.5, 0.6) is 0 Å². The number of benzene rings is 1. The van der Waals surface area contributed by atoms with Crippen molar-refractivity contribution in [1.29, 1.82) is 0 Å². The van der Waals surface area contributed by atoms with E-state index in [-0.39, 0.29) is 6.03 Å². The van der Waals surface area contributed by atoms with Crippen LogP contribution in [-0.4, -0.2) is 56.9 Å². The van der Waals surface area contributed by atoms with Crippen molar-refractivity contribution < 1.29 is 9.18 Å². The third kappa shape index (κ3) is 4.94. The second-order valence-corrected chi connectivity index (χ2v) is 8.90. The van der Waals surface area contributed by atoms with Gasteiger partial charge in [0, 0.05) is 53.9 Å². The molecule has 0 radical (unpaired) electrons. The maximum absolute atomic E-state index is 12.3. The highest BCUT2D eigenvalue weighted by molar-refractivity contribution is 6.00.